The molecular formula is C8H7BrClF2N. The van der Waals surface area contributed by atoms with Crippen molar-refractivity contribution >= 4 is 27.5 Å². The quantitative estimate of drug-likeness (QED) is 0.744. The number of hydrogen-bond donors (Lipinski definition) is 0. The third-order valence-corrected chi connectivity index (χ3v) is 2.55. The third-order valence-electron chi connectivity index (χ3n) is 1.61. The molecule has 1 aromatic rings. The van der Waals surface area contributed by atoms with Crippen LogP contribution in [0.2, 0.25) is 0 Å². The molecule has 13 heavy (non-hydrogen) atoms. The summed E-state index contributed by atoms with van der Waals surface area (Å²) in [6.45, 7) is 1.59. The molecule has 0 atom stereocenters. The minimum absolute atomic E-state index is 0.126. The van der Waals surface area contributed by atoms with Crippen LogP contribution in [-0.2, 0) is 5.88 Å². The minimum atomic E-state index is -2.55. The van der Waals surface area contributed by atoms with Crippen LogP contribution >= 0.6 is 27.5 Å². The lowest BCUT2D eigenvalue weighted by Crippen LogP contribution is -1.99. The Balaban J connectivity index is 3.22. The molecule has 0 saturated carbocycles. The lowest BCUT2D eigenvalue weighted by molar-refractivity contribution is 0.145. The van der Waals surface area contributed by atoms with Gasteiger partial charge in [0.05, 0.1) is 11.6 Å². The molecule has 0 aliphatic heterocycles. The molecule has 0 bridgehead atoms. The smallest absolute Gasteiger partial charge is 0.249 e. The monoisotopic (exact) mass is 269 g/mol. The molecule has 0 amide bonds. The van der Waals surface area contributed by atoms with Gasteiger partial charge in [-0.3, -0.25) is 0 Å². The fraction of sp³-hybridized carbons (Fsp3) is 0.375. The van der Waals surface area contributed by atoms with E-state index in [1.165, 1.54) is 0 Å². The first-order valence-electron chi connectivity index (χ1n) is 3.56. The van der Waals surface area contributed by atoms with Crippen molar-refractivity contribution in [2.75, 3.05) is 0 Å². The van der Waals surface area contributed by atoms with Gasteiger partial charge in [-0.25, -0.2) is 13.8 Å². The average Bonchev–Trinajstić information content (AvgIpc) is 2.03. The second-order valence-corrected chi connectivity index (χ2v) is 3.67. The molecule has 0 fully saturated rings. The Morgan fingerprint density at radius 3 is 2.69 bits per heavy atom. The molecule has 5 heteroatoms. The second kappa shape index (κ2) is 4.33. The van der Waals surface area contributed by atoms with E-state index in [9.17, 15) is 8.78 Å². The van der Waals surface area contributed by atoms with Crippen LogP contribution in [0.5, 0.6) is 0 Å². The number of halogens is 4. The predicted molar refractivity (Wildman–Crippen MR) is 51.2 cm³/mol. The summed E-state index contributed by atoms with van der Waals surface area (Å²) < 4.78 is 25.4. The van der Waals surface area contributed by atoms with E-state index < -0.39 is 6.43 Å². The van der Waals surface area contributed by atoms with Gasteiger partial charge in [0.1, 0.15) is 5.69 Å². The number of aromatic nitrogens is 1. The molecule has 1 aromatic heterocycles. The SMILES string of the molecule is Cc1cc(Br)c(CCl)nc1C(F)F. The predicted octanol–water partition coefficient (Wildman–Crippen LogP) is 3.83. The summed E-state index contributed by atoms with van der Waals surface area (Å²) in [5, 5.41) is 0. The van der Waals surface area contributed by atoms with Gasteiger partial charge < -0.3 is 0 Å². The third kappa shape index (κ3) is 2.38. The Labute approximate surface area is 88.2 Å². The highest BCUT2D eigenvalue weighted by atomic mass is 79.9. The van der Waals surface area contributed by atoms with Crippen molar-refractivity contribution in [3.8, 4) is 0 Å². The maximum atomic E-state index is 12.4. The first kappa shape index (κ1) is 10.9. The van der Waals surface area contributed by atoms with E-state index in [-0.39, 0.29) is 11.6 Å². The van der Waals surface area contributed by atoms with E-state index >= 15 is 0 Å². The van der Waals surface area contributed by atoms with E-state index in [1.807, 2.05) is 0 Å². The number of alkyl halides is 3. The summed E-state index contributed by atoms with van der Waals surface area (Å²) >= 11 is 8.72. The molecule has 72 valence electrons. The molecule has 1 rings (SSSR count). The largest absolute Gasteiger partial charge is 0.280 e. The molecule has 0 spiro atoms. The van der Waals surface area contributed by atoms with Crippen molar-refractivity contribution in [3.63, 3.8) is 0 Å². The number of hydrogen-bond acceptors (Lipinski definition) is 1. The van der Waals surface area contributed by atoms with Gasteiger partial charge in [0.25, 0.3) is 6.43 Å². The summed E-state index contributed by atoms with van der Waals surface area (Å²) in [5.41, 5.74) is 0.720. The Bertz CT molecular complexity index is 317. The van der Waals surface area contributed by atoms with Crippen molar-refractivity contribution in [2.24, 2.45) is 0 Å². The van der Waals surface area contributed by atoms with Gasteiger partial charge in [-0.15, -0.1) is 11.6 Å². The number of pyridine rings is 1. The second-order valence-electron chi connectivity index (χ2n) is 2.55. The van der Waals surface area contributed by atoms with E-state index in [4.69, 9.17) is 11.6 Å². The Kier molecular flexibility index (Phi) is 3.62. The molecule has 0 N–H and O–H groups in total. The summed E-state index contributed by atoms with van der Waals surface area (Å²) in [4.78, 5) is 3.76. The molecule has 0 aliphatic rings. The van der Waals surface area contributed by atoms with Gasteiger partial charge in [-0.1, -0.05) is 0 Å². The zero-order valence-corrected chi connectivity index (χ0v) is 9.16. The lowest BCUT2D eigenvalue weighted by Gasteiger charge is -2.07. The molecular weight excluding hydrogens is 263 g/mol. The van der Waals surface area contributed by atoms with Gasteiger partial charge in [0.15, 0.2) is 0 Å². The van der Waals surface area contributed by atoms with Crippen molar-refractivity contribution in [3.05, 3.63) is 27.5 Å². The van der Waals surface area contributed by atoms with Crippen LogP contribution in [0.3, 0.4) is 0 Å². The summed E-state index contributed by atoms with van der Waals surface area (Å²) in [7, 11) is 0. The zero-order chi connectivity index (χ0) is 10.0. The molecule has 0 aromatic carbocycles. The highest BCUT2D eigenvalue weighted by molar-refractivity contribution is 9.10. The van der Waals surface area contributed by atoms with E-state index in [0.717, 1.165) is 0 Å². The van der Waals surface area contributed by atoms with Crippen LogP contribution in [0.15, 0.2) is 10.5 Å². The van der Waals surface area contributed by atoms with Gasteiger partial charge in [-0.05, 0) is 34.5 Å². The first-order chi connectivity index (χ1) is 6.06. The Morgan fingerprint density at radius 2 is 2.23 bits per heavy atom. The molecule has 1 nitrogen and oxygen atoms in total. The topological polar surface area (TPSA) is 12.9 Å². The fourth-order valence-corrected chi connectivity index (χ4v) is 1.89. The average molecular weight is 271 g/mol. The number of nitrogens with zero attached hydrogens (tertiary/aromatic N) is 1. The highest BCUT2D eigenvalue weighted by Gasteiger charge is 2.14. The Hall–Kier alpha value is -0.220. The van der Waals surface area contributed by atoms with Crippen LogP contribution in [0.4, 0.5) is 8.78 Å². The standard InChI is InChI=1S/C8H7BrClF2N/c1-4-2-5(9)6(3-10)13-7(4)8(11)12/h2,8H,3H2,1H3. The van der Waals surface area contributed by atoms with Crippen LogP contribution < -0.4 is 0 Å². The van der Waals surface area contributed by atoms with Crippen molar-refractivity contribution in [2.45, 2.75) is 19.2 Å². The lowest BCUT2D eigenvalue weighted by atomic mass is 10.2. The van der Waals surface area contributed by atoms with Crippen LogP contribution in [0.25, 0.3) is 0 Å². The zero-order valence-electron chi connectivity index (χ0n) is 6.82. The van der Waals surface area contributed by atoms with Crippen LogP contribution in [0, 0.1) is 6.92 Å². The Morgan fingerprint density at radius 1 is 1.62 bits per heavy atom. The molecule has 0 saturated heterocycles. The summed E-state index contributed by atoms with van der Waals surface area (Å²) in [6.07, 6.45) is -2.55. The normalized spacial score (nSPS) is 10.9. The first-order valence-corrected chi connectivity index (χ1v) is 4.89. The molecule has 0 aliphatic carbocycles. The van der Waals surface area contributed by atoms with Crippen LogP contribution in [-0.4, -0.2) is 4.98 Å². The highest BCUT2D eigenvalue weighted by Crippen LogP contribution is 2.26. The van der Waals surface area contributed by atoms with Crippen molar-refractivity contribution in [1.82, 2.24) is 4.98 Å². The fourth-order valence-electron chi connectivity index (χ4n) is 0.949. The maximum Gasteiger partial charge on any atom is 0.280 e. The molecule has 1 heterocycles. The molecule has 0 radical (unpaired) electrons. The molecule has 0 unspecified atom stereocenters. The van der Waals surface area contributed by atoms with Crippen molar-refractivity contribution < 1.29 is 8.78 Å². The van der Waals surface area contributed by atoms with Gasteiger partial charge in [0, 0.05) is 4.47 Å². The van der Waals surface area contributed by atoms with E-state index in [1.54, 1.807) is 13.0 Å². The summed E-state index contributed by atoms with van der Waals surface area (Å²) in [5.74, 6) is 0.126. The van der Waals surface area contributed by atoms with Gasteiger partial charge in [-0.2, -0.15) is 0 Å². The maximum absolute atomic E-state index is 12.4. The van der Waals surface area contributed by atoms with Crippen LogP contribution in [0.1, 0.15) is 23.4 Å². The van der Waals surface area contributed by atoms with E-state index in [2.05, 4.69) is 20.9 Å². The van der Waals surface area contributed by atoms with Gasteiger partial charge in [0.2, 0.25) is 0 Å². The van der Waals surface area contributed by atoms with Gasteiger partial charge >= 0.3 is 0 Å². The number of rotatable bonds is 2. The van der Waals surface area contributed by atoms with E-state index in [0.29, 0.717) is 15.7 Å². The minimum Gasteiger partial charge on any atom is -0.249 e. The summed E-state index contributed by atoms with van der Waals surface area (Å²) in [6, 6.07) is 1.60. The number of aryl methyl sites for hydroxylation is 1. The van der Waals surface area contributed by atoms with Crippen molar-refractivity contribution in [1.29, 1.82) is 0 Å².